The monoisotopic (exact) mass is 421 g/mol. The second kappa shape index (κ2) is 7.80. The quantitative estimate of drug-likeness (QED) is 0.479. The van der Waals surface area contributed by atoms with E-state index in [1.807, 2.05) is 18.3 Å². The number of amides is 2. The van der Waals surface area contributed by atoms with E-state index in [9.17, 15) is 9.59 Å². The SMILES string of the molecule is CCSc1c(OC2CCCC(N3C(=O)c4ccccc4C3=O)C2)ccc2[nH]ncc12. The highest BCUT2D eigenvalue weighted by Gasteiger charge is 2.41. The van der Waals surface area contributed by atoms with Gasteiger partial charge in [0.2, 0.25) is 0 Å². The first-order chi connectivity index (χ1) is 14.7. The van der Waals surface area contributed by atoms with Crippen LogP contribution in [0.15, 0.2) is 47.5 Å². The van der Waals surface area contributed by atoms with Crippen molar-refractivity contribution in [2.45, 2.75) is 49.6 Å². The van der Waals surface area contributed by atoms with Crippen LogP contribution in [0, 0.1) is 0 Å². The van der Waals surface area contributed by atoms with Crippen molar-refractivity contribution >= 4 is 34.5 Å². The molecule has 2 amide bonds. The number of nitrogens with one attached hydrogen (secondary N) is 1. The Balaban J connectivity index is 1.37. The Morgan fingerprint density at radius 1 is 1.13 bits per heavy atom. The number of fused-ring (bicyclic) bond motifs is 2. The minimum atomic E-state index is -0.178. The average molecular weight is 422 g/mol. The van der Waals surface area contributed by atoms with Gasteiger partial charge in [-0.15, -0.1) is 11.8 Å². The number of carbonyl (C=O) groups is 2. The number of hydrogen-bond donors (Lipinski definition) is 1. The number of aromatic amines is 1. The van der Waals surface area contributed by atoms with Crippen molar-refractivity contribution in [3.8, 4) is 5.75 Å². The van der Waals surface area contributed by atoms with Gasteiger partial charge in [-0.05, 0) is 49.3 Å². The molecule has 2 atom stereocenters. The molecular weight excluding hydrogens is 398 g/mol. The third kappa shape index (κ3) is 3.17. The van der Waals surface area contributed by atoms with Crippen molar-refractivity contribution in [3.05, 3.63) is 53.7 Å². The van der Waals surface area contributed by atoms with E-state index in [0.717, 1.165) is 46.6 Å². The normalized spacial score (nSPS) is 21.3. The molecule has 2 aromatic carbocycles. The van der Waals surface area contributed by atoms with Crippen LogP contribution in [0.4, 0.5) is 0 Å². The van der Waals surface area contributed by atoms with Crippen LogP contribution in [0.25, 0.3) is 10.9 Å². The van der Waals surface area contributed by atoms with Gasteiger partial charge in [-0.2, -0.15) is 5.10 Å². The summed E-state index contributed by atoms with van der Waals surface area (Å²) in [7, 11) is 0. The molecule has 30 heavy (non-hydrogen) atoms. The first-order valence-electron chi connectivity index (χ1n) is 10.4. The number of H-pyrrole nitrogens is 1. The van der Waals surface area contributed by atoms with Crippen LogP contribution >= 0.6 is 11.8 Å². The van der Waals surface area contributed by atoms with Crippen molar-refractivity contribution in [3.63, 3.8) is 0 Å². The van der Waals surface area contributed by atoms with E-state index >= 15 is 0 Å². The number of benzene rings is 2. The smallest absolute Gasteiger partial charge is 0.261 e. The number of thioether (sulfide) groups is 1. The molecule has 154 valence electrons. The molecule has 1 N–H and O–H groups in total. The van der Waals surface area contributed by atoms with Crippen molar-refractivity contribution in [1.29, 1.82) is 0 Å². The van der Waals surface area contributed by atoms with E-state index in [1.165, 1.54) is 4.90 Å². The lowest BCUT2D eigenvalue weighted by atomic mass is 9.91. The molecule has 2 unspecified atom stereocenters. The van der Waals surface area contributed by atoms with Gasteiger partial charge in [0.05, 0.1) is 27.7 Å². The number of hydrogen-bond acceptors (Lipinski definition) is 5. The number of aromatic nitrogens is 2. The molecule has 3 aromatic rings. The fourth-order valence-corrected chi connectivity index (χ4v) is 5.40. The maximum Gasteiger partial charge on any atom is 0.261 e. The van der Waals surface area contributed by atoms with Crippen LogP contribution in [0.5, 0.6) is 5.75 Å². The zero-order valence-electron chi connectivity index (χ0n) is 16.8. The predicted octanol–water partition coefficient (Wildman–Crippen LogP) is 4.66. The number of imide groups is 1. The molecule has 1 fully saturated rings. The van der Waals surface area contributed by atoms with Gasteiger partial charge in [-0.25, -0.2) is 0 Å². The summed E-state index contributed by atoms with van der Waals surface area (Å²) >= 11 is 1.74. The molecule has 0 radical (unpaired) electrons. The second-order valence-corrected chi connectivity index (χ2v) is 9.02. The Hall–Kier alpha value is -2.80. The Morgan fingerprint density at radius 2 is 1.90 bits per heavy atom. The van der Waals surface area contributed by atoms with E-state index in [1.54, 1.807) is 36.0 Å². The third-order valence-corrected chi connectivity index (χ3v) is 6.91. The molecule has 2 aliphatic rings. The van der Waals surface area contributed by atoms with Gasteiger partial charge in [0.25, 0.3) is 11.8 Å². The highest BCUT2D eigenvalue weighted by Crippen LogP contribution is 2.38. The van der Waals surface area contributed by atoms with Gasteiger partial charge in [0, 0.05) is 17.8 Å². The van der Waals surface area contributed by atoms with Crippen molar-refractivity contribution in [2.24, 2.45) is 0 Å². The number of rotatable bonds is 5. The van der Waals surface area contributed by atoms with E-state index in [-0.39, 0.29) is 24.0 Å². The Labute approximate surface area is 179 Å². The molecule has 5 rings (SSSR count). The van der Waals surface area contributed by atoms with Crippen LogP contribution in [0.1, 0.15) is 53.3 Å². The van der Waals surface area contributed by atoms with Crippen LogP contribution in [-0.2, 0) is 0 Å². The molecule has 0 bridgehead atoms. The highest BCUT2D eigenvalue weighted by molar-refractivity contribution is 7.99. The number of carbonyl (C=O) groups excluding carboxylic acids is 2. The van der Waals surface area contributed by atoms with Crippen molar-refractivity contribution < 1.29 is 14.3 Å². The highest BCUT2D eigenvalue weighted by atomic mass is 32.2. The van der Waals surface area contributed by atoms with E-state index in [2.05, 4.69) is 17.1 Å². The fraction of sp³-hybridized carbons (Fsp3) is 0.348. The van der Waals surface area contributed by atoms with Crippen molar-refractivity contribution in [2.75, 3.05) is 5.75 Å². The summed E-state index contributed by atoms with van der Waals surface area (Å²) in [5.41, 5.74) is 2.01. The average Bonchev–Trinajstić information content (AvgIpc) is 3.34. The van der Waals surface area contributed by atoms with Gasteiger partial charge >= 0.3 is 0 Å². The van der Waals surface area contributed by atoms with Crippen LogP contribution < -0.4 is 4.74 Å². The molecule has 0 spiro atoms. The van der Waals surface area contributed by atoms with E-state index < -0.39 is 0 Å². The topological polar surface area (TPSA) is 75.3 Å². The molecule has 7 heteroatoms. The molecule has 0 saturated heterocycles. The summed E-state index contributed by atoms with van der Waals surface area (Å²) < 4.78 is 6.44. The molecular formula is C23H23N3O3S. The molecule has 1 aliphatic heterocycles. The first-order valence-corrected chi connectivity index (χ1v) is 11.4. The molecule has 1 aromatic heterocycles. The summed E-state index contributed by atoms with van der Waals surface area (Å²) in [6, 6.07) is 10.9. The lowest BCUT2D eigenvalue weighted by Gasteiger charge is -2.34. The maximum atomic E-state index is 12.9. The van der Waals surface area contributed by atoms with Gasteiger partial charge in [0.1, 0.15) is 11.9 Å². The van der Waals surface area contributed by atoms with Gasteiger partial charge in [-0.1, -0.05) is 19.1 Å². The standard InChI is InChI=1S/C23H23N3O3S/c1-2-30-21-18-13-24-25-19(18)10-11-20(21)29-15-7-5-6-14(12-15)26-22(27)16-8-3-4-9-17(16)23(26)28/h3-4,8-11,13-15H,2,5-7,12H2,1H3,(H,24,25). The minimum Gasteiger partial charge on any atom is -0.489 e. The zero-order valence-corrected chi connectivity index (χ0v) is 17.6. The summed E-state index contributed by atoms with van der Waals surface area (Å²) in [4.78, 5) is 28.3. The molecule has 6 nitrogen and oxygen atoms in total. The zero-order chi connectivity index (χ0) is 20.7. The molecule has 1 saturated carbocycles. The molecule has 2 heterocycles. The third-order valence-electron chi connectivity index (χ3n) is 5.91. The van der Waals surface area contributed by atoms with E-state index in [0.29, 0.717) is 17.5 Å². The molecule has 1 aliphatic carbocycles. The van der Waals surface area contributed by atoms with Gasteiger partial charge < -0.3 is 4.74 Å². The predicted molar refractivity (Wildman–Crippen MR) is 116 cm³/mol. The largest absolute Gasteiger partial charge is 0.489 e. The summed E-state index contributed by atoms with van der Waals surface area (Å²) in [6.45, 7) is 2.12. The Morgan fingerprint density at radius 3 is 2.63 bits per heavy atom. The Bertz CT molecular complexity index is 1090. The van der Waals surface area contributed by atoms with Gasteiger partial charge in [-0.3, -0.25) is 19.6 Å². The van der Waals surface area contributed by atoms with Crippen LogP contribution in [-0.4, -0.2) is 44.8 Å². The van der Waals surface area contributed by atoms with Gasteiger partial charge in [0.15, 0.2) is 0 Å². The van der Waals surface area contributed by atoms with Crippen LogP contribution in [0.3, 0.4) is 0 Å². The summed E-state index contributed by atoms with van der Waals surface area (Å²) in [5.74, 6) is 1.43. The van der Waals surface area contributed by atoms with Crippen molar-refractivity contribution in [1.82, 2.24) is 15.1 Å². The van der Waals surface area contributed by atoms with Crippen LogP contribution in [0.2, 0.25) is 0 Å². The lowest BCUT2D eigenvalue weighted by Crippen LogP contribution is -2.44. The number of ether oxygens (including phenoxy) is 1. The minimum absolute atomic E-state index is 0.0337. The lowest BCUT2D eigenvalue weighted by molar-refractivity contribution is 0.0448. The number of nitrogens with zero attached hydrogens (tertiary/aromatic N) is 2. The fourth-order valence-electron chi connectivity index (χ4n) is 4.54. The van der Waals surface area contributed by atoms with E-state index in [4.69, 9.17) is 4.74 Å². The Kier molecular flexibility index (Phi) is 4.98. The maximum absolute atomic E-state index is 12.9. The summed E-state index contributed by atoms with van der Waals surface area (Å²) in [5, 5.41) is 8.23. The summed E-state index contributed by atoms with van der Waals surface area (Å²) in [6.07, 6.45) is 5.12. The second-order valence-electron chi connectivity index (χ2n) is 7.74. The first kappa shape index (κ1) is 19.2.